The number of aromatic nitrogens is 3. The van der Waals surface area contributed by atoms with E-state index in [2.05, 4.69) is 51.3 Å². The van der Waals surface area contributed by atoms with Crippen LogP contribution in [0.4, 0.5) is 0 Å². The zero-order chi connectivity index (χ0) is 11.9. The Hall–Kier alpha value is -1.68. The van der Waals surface area contributed by atoms with Crippen molar-refractivity contribution in [2.45, 2.75) is 26.4 Å². The summed E-state index contributed by atoms with van der Waals surface area (Å²) in [5.74, 6) is 1.00. The fourth-order valence-electron chi connectivity index (χ4n) is 1.76. The summed E-state index contributed by atoms with van der Waals surface area (Å²) < 4.78 is 2.05. The molecule has 1 heterocycles. The molecule has 4 nitrogen and oxygen atoms in total. The summed E-state index contributed by atoms with van der Waals surface area (Å²) in [6, 6.07) is 10.5. The fourth-order valence-corrected chi connectivity index (χ4v) is 1.76. The van der Waals surface area contributed by atoms with E-state index >= 15 is 0 Å². The van der Waals surface area contributed by atoms with E-state index in [-0.39, 0.29) is 0 Å². The minimum absolute atomic E-state index is 0.778. The molecule has 4 heteroatoms. The zero-order valence-corrected chi connectivity index (χ0v) is 10.1. The van der Waals surface area contributed by atoms with Crippen molar-refractivity contribution in [2.24, 2.45) is 0 Å². The van der Waals surface area contributed by atoms with Gasteiger partial charge >= 0.3 is 0 Å². The molecule has 0 saturated carbocycles. The second-order valence-corrected chi connectivity index (χ2v) is 3.95. The lowest BCUT2D eigenvalue weighted by Gasteiger charge is -2.05. The third-order valence-electron chi connectivity index (χ3n) is 2.75. The molecule has 0 fully saturated rings. The summed E-state index contributed by atoms with van der Waals surface area (Å²) in [4.78, 5) is 0. The van der Waals surface area contributed by atoms with Gasteiger partial charge < -0.3 is 9.88 Å². The standard InChI is InChI=1S/C13H18N4/c1-2-17-11-15-16-13(17)10-14-9-8-12-6-4-3-5-7-12/h3-7,11,14H,2,8-10H2,1H3. The van der Waals surface area contributed by atoms with Gasteiger partial charge in [0.25, 0.3) is 0 Å². The molecule has 2 aromatic rings. The molecule has 0 amide bonds. The highest BCUT2D eigenvalue weighted by atomic mass is 15.3. The van der Waals surface area contributed by atoms with Crippen LogP contribution in [-0.4, -0.2) is 21.3 Å². The zero-order valence-electron chi connectivity index (χ0n) is 10.1. The van der Waals surface area contributed by atoms with E-state index in [0.29, 0.717) is 0 Å². The van der Waals surface area contributed by atoms with E-state index in [1.54, 1.807) is 6.33 Å². The van der Waals surface area contributed by atoms with Crippen LogP contribution in [0.1, 0.15) is 18.3 Å². The summed E-state index contributed by atoms with van der Waals surface area (Å²) in [7, 11) is 0. The lowest BCUT2D eigenvalue weighted by molar-refractivity contribution is 0.612. The minimum atomic E-state index is 0.778. The predicted octanol–water partition coefficient (Wildman–Crippen LogP) is 1.63. The van der Waals surface area contributed by atoms with Gasteiger partial charge in [-0.2, -0.15) is 0 Å². The summed E-state index contributed by atoms with van der Waals surface area (Å²) in [6.07, 6.45) is 2.81. The molecule has 2 rings (SSSR count). The van der Waals surface area contributed by atoms with Gasteiger partial charge in [0.15, 0.2) is 0 Å². The number of benzene rings is 1. The van der Waals surface area contributed by atoms with Crippen molar-refractivity contribution in [3.05, 3.63) is 48.0 Å². The van der Waals surface area contributed by atoms with Crippen LogP contribution < -0.4 is 5.32 Å². The van der Waals surface area contributed by atoms with E-state index in [1.165, 1.54) is 5.56 Å². The van der Waals surface area contributed by atoms with Crippen molar-refractivity contribution in [3.63, 3.8) is 0 Å². The van der Waals surface area contributed by atoms with E-state index in [0.717, 1.165) is 31.9 Å². The number of aryl methyl sites for hydroxylation is 1. The predicted molar refractivity (Wildman–Crippen MR) is 67.5 cm³/mol. The molecule has 1 aromatic heterocycles. The topological polar surface area (TPSA) is 42.7 Å². The van der Waals surface area contributed by atoms with Gasteiger partial charge in [-0.25, -0.2) is 0 Å². The molecule has 1 N–H and O–H groups in total. The monoisotopic (exact) mass is 230 g/mol. The first-order valence-corrected chi connectivity index (χ1v) is 6.01. The maximum Gasteiger partial charge on any atom is 0.146 e. The largest absolute Gasteiger partial charge is 0.317 e. The van der Waals surface area contributed by atoms with Crippen LogP contribution in [0.25, 0.3) is 0 Å². The van der Waals surface area contributed by atoms with Crippen molar-refractivity contribution in [1.82, 2.24) is 20.1 Å². The Balaban J connectivity index is 1.73. The van der Waals surface area contributed by atoms with E-state index in [1.807, 2.05) is 6.07 Å². The van der Waals surface area contributed by atoms with E-state index in [9.17, 15) is 0 Å². The molecule has 17 heavy (non-hydrogen) atoms. The first-order chi connectivity index (χ1) is 8.40. The molecule has 0 radical (unpaired) electrons. The number of rotatable bonds is 6. The maximum atomic E-state index is 4.08. The van der Waals surface area contributed by atoms with Crippen LogP contribution in [0.3, 0.4) is 0 Å². The normalized spacial score (nSPS) is 10.6. The first kappa shape index (κ1) is 11.8. The number of hydrogen-bond acceptors (Lipinski definition) is 3. The molecule has 0 aliphatic carbocycles. The Labute approximate surface area is 102 Å². The van der Waals surface area contributed by atoms with Crippen molar-refractivity contribution in [1.29, 1.82) is 0 Å². The Morgan fingerprint density at radius 2 is 2.06 bits per heavy atom. The average Bonchev–Trinajstić information content (AvgIpc) is 2.83. The van der Waals surface area contributed by atoms with Gasteiger partial charge in [0.05, 0.1) is 6.54 Å². The van der Waals surface area contributed by atoms with Crippen LogP contribution in [-0.2, 0) is 19.5 Å². The molecule has 0 saturated heterocycles. The number of nitrogens with one attached hydrogen (secondary N) is 1. The first-order valence-electron chi connectivity index (χ1n) is 6.01. The molecular weight excluding hydrogens is 212 g/mol. The van der Waals surface area contributed by atoms with Crippen molar-refractivity contribution >= 4 is 0 Å². The van der Waals surface area contributed by atoms with Gasteiger partial charge in [-0.1, -0.05) is 30.3 Å². The Bertz CT molecular complexity index is 436. The van der Waals surface area contributed by atoms with Crippen LogP contribution in [0.2, 0.25) is 0 Å². The summed E-state index contributed by atoms with van der Waals surface area (Å²) in [5, 5.41) is 11.4. The quantitative estimate of drug-likeness (QED) is 0.767. The van der Waals surface area contributed by atoms with Crippen LogP contribution >= 0.6 is 0 Å². The van der Waals surface area contributed by atoms with Crippen LogP contribution in [0, 0.1) is 0 Å². The molecule has 0 spiro atoms. The van der Waals surface area contributed by atoms with Gasteiger partial charge in [-0.05, 0) is 25.5 Å². The van der Waals surface area contributed by atoms with Crippen LogP contribution in [0.5, 0.6) is 0 Å². The third kappa shape index (κ3) is 3.39. The van der Waals surface area contributed by atoms with Crippen molar-refractivity contribution in [2.75, 3.05) is 6.54 Å². The molecule has 0 unspecified atom stereocenters. The molecule has 1 aromatic carbocycles. The molecule has 0 aliphatic heterocycles. The highest BCUT2D eigenvalue weighted by molar-refractivity contribution is 5.14. The van der Waals surface area contributed by atoms with Gasteiger partial charge in [0.2, 0.25) is 0 Å². The second-order valence-electron chi connectivity index (χ2n) is 3.95. The highest BCUT2D eigenvalue weighted by Crippen LogP contribution is 1.99. The van der Waals surface area contributed by atoms with Crippen molar-refractivity contribution in [3.8, 4) is 0 Å². The maximum absolute atomic E-state index is 4.08. The van der Waals surface area contributed by atoms with Crippen LogP contribution in [0.15, 0.2) is 36.7 Å². The fraction of sp³-hybridized carbons (Fsp3) is 0.385. The molecule has 90 valence electrons. The Kier molecular flexibility index (Phi) is 4.27. The number of hydrogen-bond donors (Lipinski definition) is 1. The molecule has 0 bridgehead atoms. The molecule has 0 atom stereocenters. The van der Waals surface area contributed by atoms with Gasteiger partial charge in [0, 0.05) is 6.54 Å². The highest BCUT2D eigenvalue weighted by Gasteiger charge is 2.01. The smallest absolute Gasteiger partial charge is 0.146 e. The van der Waals surface area contributed by atoms with E-state index < -0.39 is 0 Å². The summed E-state index contributed by atoms with van der Waals surface area (Å²) >= 11 is 0. The average molecular weight is 230 g/mol. The minimum Gasteiger partial charge on any atom is -0.317 e. The van der Waals surface area contributed by atoms with E-state index in [4.69, 9.17) is 0 Å². The van der Waals surface area contributed by atoms with Crippen molar-refractivity contribution < 1.29 is 0 Å². The molecular formula is C13H18N4. The molecule has 0 aliphatic rings. The second kappa shape index (κ2) is 6.15. The summed E-state index contributed by atoms with van der Waals surface area (Å²) in [5.41, 5.74) is 1.36. The van der Waals surface area contributed by atoms with Gasteiger partial charge in [0.1, 0.15) is 12.2 Å². The SMILES string of the molecule is CCn1cnnc1CNCCc1ccccc1. The van der Waals surface area contributed by atoms with Gasteiger partial charge in [-0.3, -0.25) is 0 Å². The van der Waals surface area contributed by atoms with Gasteiger partial charge in [-0.15, -0.1) is 10.2 Å². The lowest BCUT2D eigenvalue weighted by atomic mass is 10.1. The number of nitrogens with zero attached hydrogens (tertiary/aromatic N) is 3. The summed E-state index contributed by atoms with van der Waals surface area (Å²) in [6.45, 7) is 4.75. The Morgan fingerprint density at radius 3 is 2.82 bits per heavy atom. The Morgan fingerprint density at radius 1 is 1.24 bits per heavy atom. The lowest BCUT2D eigenvalue weighted by Crippen LogP contribution is -2.19. The third-order valence-corrected chi connectivity index (χ3v) is 2.75.